The normalized spacial score (nSPS) is 13.9. The van der Waals surface area contributed by atoms with Crippen LogP contribution in [0.25, 0.3) is 10.9 Å². The van der Waals surface area contributed by atoms with Gasteiger partial charge in [-0.25, -0.2) is 4.79 Å². The molecule has 4 atom stereocenters. The van der Waals surface area contributed by atoms with Crippen LogP contribution in [0.2, 0.25) is 0 Å². The first-order chi connectivity index (χ1) is 19.8. The van der Waals surface area contributed by atoms with Crippen LogP contribution in [0, 0.1) is 5.92 Å². The average Bonchev–Trinajstić information content (AvgIpc) is 3.31. The second-order valence-electron chi connectivity index (χ2n) is 10.4. The Labute approximate surface area is 243 Å². The number of nitrogens with one attached hydrogen (secondary N) is 4. The Hall–Kier alpha value is -4.66. The molecule has 0 spiro atoms. The molecule has 0 radical (unpaired) electrons. The third-order valence-electron chi connectivity index (χ3n) is 6.39. The fourth-order valence-electron chi connectivity index (χ4n) is 4.34. The van der Waals surface area contributed by atoms with Crippen LogP contribution in [0.4, 0.5) is 0 Å². The number of aromatic amines is 1. The van der Waals surface area contributed by atoms with E-state index < -0.39 is 60.2 Å². The van der Waals surface area contributed by atoms with Crippen molar-refractivity contribution in [3.05, 3.63) is 36.0 Å². The lowest BCUT2D eigenvalue weighted by Crippen LogP contribution is -2.58. The molecule has 42 heavy (non-hydrogen) atoms. The van der Waals surface area contributed by atoms with E-state index in [2.05, 4.69) is 25.9 Å². The number of nitrogens with two attached hydrogens (primary N) is 4. The van der Waals surface area contributed by atoms with E-state index in [1.807, 2.05) is 38.1 Å². The molecule has 0 aliphatic carbocycles. The first-order valence-corrected chi connectivity index (χ1v) is 13.6. The number of para-hydroxylation sites is 1. The smallest absolute Gasteiger partial charge is 0.326 e. The van der Waals surface area contributed by atoms with E-state index in [1.54, 1.807) is 6.20 Å². The fraction of sp³-hybridized carbons (Fsp3) is 0.481. The Morgan fingerprint density at radius 2 is 1.55 bits per heavy atom. The van der Waals surface area contributed by atoms with Gasteiger partial charge in [-0.15, -0.1) is 0 Å². The number of carboxylic acid groups (broad SMARTS) is 1. The van der Waals surface area contributed by atoms with Gasteiger partial charge in [-0.3, -0.25) is 24.2 Å². The summed E-state index contributed by atoms with van der Waals surface area (Å²) in [5.74, 6) is -4.57. The van der Waals surface area contributed by atoms with Crippen molar-refractivity contribution >= 4 is 46.5 Å². The topological polar surface area (TPSA) is 274 Å². The molecule has 15 nitrogen and oxygen atoms in total. The van der Waals surface area contributed by atoms with Crippen LogP contribution >= 0.6 is 0 Å². The van der Waals surface area contributed by atoms with Crippen LogP contribution in [-0.4, -0.2) is 76.4 Å². The van der Waals surface area contributed by atoms with Crippen molar-refractivity contribution in [2.75, 3.05) is 6.54 Å². The summed E-state index contributed by atoms with van der Waals surface area (Å²) in [6, 6.07) is 2.44. The summed E-state index contributed by atoms with van der Waals surface area (Å²) in [5, 5.41) is 17.8. The molecule has 0 saturated carbocycles. The number of amides is 4. The maximum Gasteiger partial charge on any atom is 0.326 e. The summed E-state index contributed by atoms with van der Waals surface area (Å²) in [7, 11) is 0. The monoisotopic (exact) mass is 587 g/mol. The minimum atomic E-state index is -1.51. The maximum absolute atomic E-state index is 13.5. The lowest BCUT2D eigenvalue weighted by Gasteiger charge is -2.25. The lowest BCUT2D eigenvalue weighted by molar-refractivity contribution is -0.142. The molecule has 0 fully saturated rings. The zero-order valence-corrected chi connectivity index (χ0v) is 23.8. The van der Waals surface area contributed by atoms with E-state index in [0.29, 0.717) is 12.0 Å². The summed E-state index contributed by atoms with van der Waals surface area (Å²) in [4.78, 5) is 69.9. The molecule has 2 aromatic rings. The Kier molecular flexibility index (Phi) is 12.7. The van der Waals surface area contributed by atoms with Crippen LogP contribution in [-0.2, 0) is 30.4 Å². The summed E-state index contributed by atoms with van der Waals surface area (Å²) in [6.45, 7) is 3.95. The summed E-state index contributed by atoms with van der Waals surface area (Å²) < 4.78 is 0. The third-order valence-corrected chi connectivity index (χ3v) is 6.39. The third kappa shape index (κ3) is 10.7. The summed E-state index contributed by atoms with van der Waals surface area (Å²) in [6.07, 6.45) is 1.71. The van der Waals surface area contributed by atoms with Crippen molar-refractivity contribution in [1.82, 2.24) is 20.9 Å². The van der Waals surface area contributed by atoms with Gasteiger partial charge in [0, 0.05) is 30.1 Å². The minimum Gasteiger partial charge on any atom is -0.480 e. The van der Waals surface area contributed by atoms with Crippen molar-refractivity contribution in [2.45, 2.75) is 70.1 Å². The molecule has 0 saturated heterocycles. The van der Waals surface area contributed by atoms with E-state index in [4.69, 9.17) is 22.9 Å². The highest BCUT2D eigenvalue weighted by Crippen LogP contribution is 2.19. The maximum atomic E-state index is 13.5. The lowest BCUT2D eigenvalue weighted by atomic mass is 10.0. The number of rotatable bonds is 17. The van der Waals surface area contributed by atoms with E-state index in [0.717, 1.165) is 10.9 Å². The zero-order chi connectivity index (χ0) is 31.4. The summed E-state index contributed by atoms with van der Waals surface area (Å²) >= 11 is 0. The molecule has 230 valence electrons. The SMILES string of the molecule is CC(C)CC(N)C(=O)NC(Cc1c[nH]c2ccccc12)C(=O)NC(CC(N)=O)C(=O)NC(CCCN=C(N)N)C(=O)O. The molecule has 1 aromatic heterocycles. The van der Waals surface area contributed by atoms with Crippen LogP contribution in [0.15, 0.2) is 35.5 Å². The number of carboxylic acids is 1. The van der Waals surface area contributed by atoms with Gasteiger partial charge in [-0.1, -0.05) is 32.0 Å². The van der Waals surface area contributed by atoms with Crippen molar-refractivity contribution in [3.63, 3.8) is 0 Å². The van der Waals surface area contributed by atoms with Gasteiger partial charge in [-0.05, 0) is 36.8 Å². The minimum absolute atomic E-state index is 0.0257. The summed E-state index contributed by atoms with van der Waals surface area (Å²) in [5.41, 5.74) is 23.4. The number of aliphatic carboxylic acids is 1. The molecule has 15 heteroatoms. The zero-order valence-electron chi connectivity index (χ0n) is 23.8. The van der Waals surface area contributed by atoms with Gasteiger partial charge >= 0.3 is 5.97 Å². The average molecular weight is 588 g/mol. The van der Waals surface area contributed by atoms with Crippen LogP contribution < -0.4 is 38.9 Å². The Morgan fingerprint density at radius 3 is 2.17 bits per heavy atom. The van der Waals surface area contributed by atoms with Crippen molar-refractivity contribution in [3.8, 4) is 0 Å². The van der Waals surface area contributed by atoms with Gasteiger partial charge in [0.1, 0.15) is 18.1 Å². The number of fused-ring (bicyclic) bond motifs is 1. The predicted molar refractivity (Wildman–Crippen MR) is 157 cm³/mol. The molecule has 0 aliphatic rings. The van der Waals surface area contributed by atoms with Crippen molar-refractivity contribution < 1.29 is 29.1 Å². The second-order valence-corrected chi connectivity index (χ2v) is 10.4. The molecular formula is C27H41N9O6. The van der Waals surface area contributed by atoms with Crippen molar-refractivity contribution in [2.24, 2.45) is 33.8 Å². The standard InChI is InChI=1S/C27H41N9O6/c1-14(2)10-17(28)23(38)35-20(11-15-13-33-18-7-4-3-6-16(15)18)24(39)36-21(12-22(29)37)25(40)34-19(26(41)42)8-5-9-32-27(30)31/h3-4,6-7,13-14,17,19-21,33H,5,8-12,28H2,1-2H3,(H2,29,37)(H,34,40)(H,35,38)(H,36,39)(H,41,42)(H4,30,31,32). The van der Waals surface area contributed by atoms with Crippen LogP contribution in [0.5, 0.6) is 0 Å². The molecule has 1 aromatic carbocycles. The number of carbonyl (C=O) groups excluding carboxylic acids is 4. The number of primary amides is 1. The molecular weight excluding hydrogens is 546 g/mol. The number of hydrogen-bond acceptors (Lipinski definition) is 7. The number of H-pyrrole nitrogens is 1. The van der Waals surface area contributed by atoms with Gasteiger partial charge in [-0.2, -0.15) is 0 Å². The van der Waals surface area contributed by atoms with E-state index in [9.17, 15) is 29.1 Å². The quantitative estimate of drug-likeness (QED) is 0.0594. The van der Waals surface area contributed by atoms with E-state index in [-0.39, 0.29) is 37.7 Å². The fourth-order valence-corrected chi connectivity index (χ4v) is 4.34. The Bertz CT molecular complexity index is 1290. The number of benzene rings is 1. The van der Waals surface area contributed by atoms with E-state index in [1.165, 1.54) is 0 Å². The Morgan fingerprint density at radius 1 is 0.929 bits per heavy atom. The van der Waals surface area contributed by atoms with Gasteiger partial charge in [0.05, 0.1) is 12.5 Å². The number of hydrogen-bond donors (Lipinski definition) is 9. The van der Waals surface area contributed by atoms with Crippen LogP contribution in [0.3, 0.4) is 0 Å². The Balaban J connectivity index is 2.26. The molecule has 0 aliphatic heterocycles. The first-order valence-electron chi connectivity index (χ1n) is 13.6. The molecule has 2 rings (SSSR count). The number of guanidine groups is 1. The molecule has 1 heterocycles. The molecule has 0 bridgehead atoms. The van der Waals surface area contributed by atoms with Gasteiger partial charge in [0.15, 0.2) is 5.96 Å². The molecule has 13 N–H and O–H groups in total. The number of nitrogens with zero attached hydrogens (tertiary/aromatic N) is 1. The largest absolute Gasteiger partial charge is 0.480 e. The predicted octanol–water partition coefficient (Wildman–Crippen LogP) is -1.45. The van der Waals surface area contributed by atoms with Crippen LogP contribution in [0.1, 0.15) is 45.1 Å². The highest BCUT2D eigenvalue weighted by atomic mass is 16.4. The number of carbonyl (C=O) groups is 5. The highest BCUT2D eigenvalue weighted by Gasteiger charge is 2.31. The second kappa shape index (κ2) is 16.0. The molecule has 4 amide bonds. The van der Waals surface area contributed by atoms with Gasteiger partial charge < -0.3 is 49.0 Å². The van der Waals surface area contributed by atoms with Gasteiger partial charge in [0.2, 0.25) is 23.6 Å². The number of aliphatic imine (C=N–C) groups is 1. The molecule has 4 unspecified atom stereocenters. The van der Waals surface area contributed by atoms with Crippen molar-refractivity contribution in [1.29, 1.82) is 0 Å². The number of aromatic nitrogens is 1. The first kappa shape index (κ1) is 33.5. The highest BCUT2D eigenvalue weighted by molar-refractivity contribution is 5.96. The van der Waals surface area contributed by atoms with E-state index >= 15 is 0 Å². The van der Waals surface area contributed by atoms with Gasteiger partial charge in [0.25, 0.3) is 0 Å².